The Labute approximate surface area is 218 Å². The maximum Gasteiger partial charge on any atom is 0.104 e. The van der Waals surface area contributed by atoms with Gasteiger partial charge in [0, 0.05) is 11.1 Å². The lowest BCUT2D eigenvalue weighted by Gasteiger charge is -2.30. The van der Waals surface area contributed by atoms with Crippen LogP contribution in [0.3, 0.4) is 0 Å². The van der Waals surface area contributed by atoms with E-state index in [4.69, 9.17) is 5.26 Å². The summed E-state index contributed by atoms with van der Waals surface area (Å²) in [7, 11) is 4.54. The second kappa shape index (κ2) is 9.21. The molecule has 0 N–H and O–H groups in total. The zero-order valence-corrected chi connectivity index (χ0v) is 21.3. The quantitative estimate of drug-likeness (QED) is 0.180. The van der Waals surface area contributed by atoms with E-state index >= 15 is 0 Å². The highest BCUT2D eigenvalue weighted by Crippen LogP contribution is 2.38. The van der Waals surface area contributed by atoms with Crippen LogP contribution in [-0.2, 0) is 13.1 Å². The molecule has 0 saturated carbocycles. The molecule has 0 amide bonds. The van der Waals surface area contributed by atoms with Gasteiger partial charge in [-0.2, -0.15) is 5.26 Å². The van der Waals surface area contributed by atoms with E-state index in [0.717, 1.165) is 17.6 Å². The molecule has 178 valence electrons. The number of rotatable bonds is 5. The van der Waals surface area contributed by atoms with E-state index in [-0.39, 0.29) is 0 Å². The predicted molar refractivity (Wildman–Crippen MR) is 155 cm³/mol. The molecule has 0 atom stereocenters. The summed E-state index contributed by atoms with van der Waals surface area (Å²) in [6.45, 7) is 1.82. The molecule has 6 aromatic rings. The molecule has 37 heavy (non-hydrogen) atoms. The first kappa shape index (κ1) is 23.0. The minimum atomic E-state index is 0.705. The Morgan fingerprint density at radius 3 is 1.97 bits per heavy atom. The number of benzene rings is 6. The Morgan fingerprint density at radius 2 is 1.22 bits per heavy atom. The third-order valence-electron chi connectivity index (χ3n) is 7.25. The van der Waals surface area contributed by atoms with Crippen molar-refractivity contribution in [2.24, 2.45) is 0 Å². The number of nitrogens with zero attached hydrogens (tertiary/aromatic N) is 2. The van der Waals surface area contributed by atoms with Gasteiger partial charge in [0.15, 0.2) is 0 Å². The van der Waals surface area contributed by atoms with Crippen LogP contribution in [0.25, 0.3) is 43.4 Å². The van der Waals surface area contributed by atoms with Gasteiger partial charge in [-0.25, -0.2) is 0 Å². The molecule has 0 unspecified atom stereocenters. The molecule has 2 nitrogen and oxygen atoms in total. The molecule has 0 heterocycles. The van der Waals surface area contributed by atoms with Gasteiger partial charge in [0.1, 0.15) is 13.1 Å². The van der Waals surface area contributed by atoms with E-state index in [9.17, 15) is 0 Å². The van der Waals surface area contributed by atoms with E-state index in [0.29, 0.717) is 5.56 Å². The van der Waals surface area contributed by atoms with Gasteiger partial charge in [-0.3, -0.25) is 0 Å². The summed E-state index contributed by atoms with van der Waals surface area (Å²) in [5.41, 5.74) is 5.83. The van der Waals surface area contributed by atoms with Crippen LogP contribution >= 0.6 is 0 Å². The van der Waals surface area contributed by atoms with Crippen molar-refractivity contribution in [2.45, 2.75) is 13.1 Å². The molecule has 0 fully saturated rings. The maximum atomic E-state index is 9.11. The first-order chi connectivity index (χ1) is 18.0. The number of hydrogen-bond acceptors (Lipinski definition) is 1. The fourth-order valence-electron chi connectivity index (χ4n) is 5.62. The van der Waals surface area contributed by atoms with Crippen molar-refractivity contribution in [1.29, 1.82) is 5.26 Å². The van der Waals surface area contributed by atoms with Crippen molar-refractivity contribution in [3.8, 4) is 17.2 Å². The molecule has 2 heteroatoms. The van der Waals surface area contributed by atoms with Crippen LogP contribution in [0.1, 0.15) is 16.7 Å². The molecule has 0 aliphatic heterocycles. The minimum absolute atomic E-state index is 0.705. The summed E-state index contributed by atoms with van der Waals surface area (Å²) in [6.07, 6.45) is 0. The van der Waals surface area contributed by atoms with Crippen molar-refractivity contribution in [1.82, 2.24) is 0 Å². The lowest BCUT2D eigenvalue weighted by Crippen LogP contribution is -2.37. The van der Waals surface area contributed by atoms with Crippen LogP contribution in [0.4, 0.5) is 0 Å². The Bertz CT molecular complexity index is 1800. The summed E-state index contributed by atoms with van der Waals surface area (Å²) in [6, 6.07) is 43.6. The highest BCUT2D eigenvalue weighted by Gasteiger charge is 2.18. The highest BCUT2D eigenvalue weighted by molar-refractivity contribution is 6.15. The Morgan fingerprint density at radius 1 is 0.568 bits per heavy atom. The zero-order valence-electron chi connectivity index (χ0n) is 21.3. The van der Waals surface area contributed by atoms with Crippen LogP contribution < -0.4 is 0 Å². The SMILES string of the molecule is C[N+](C)(Cc1ccc(C#N)cc1)Cc1cccc(-c2c3ccccc3cc3cc4ccccc4cc23)c1. The lowest BCUT2D eigenvalue weighted by atomic mass is 9.90. The van der Waals surface area contributed by atoms with Crippen molar-refractivity contribution in [2.75, 3.05) is 14.1 Å². The minimum Gasteiger partial charge on any atom is -0.321 e. The van der Waals surface area contributed by atoms with Gasteiger partial charge in [-0.05, 0) is 79.8 Å². The van der Waals surface area contributed by atoms with E-state index in [1.807, 2.05) is 12.1 Å². The Hall–Kier alpha value is -4.45. The average molecular weight is 478 g/mol. The van der Waals surface area contributed by atoms with E-state index < -0.39 is 0 Å². The average Bonchev–Trinajstić information content (AvgIpc) is 2.90. The molecule has 0 aromatic heterocycles. The van der Waals surface area contributed by atoms with Crippen LogP contribution in [0.5, 0.6) is 0 Å². The molecular weight excluding hydrogens is 448 g/mol. The summed E-state index contributed by atoms with van der Waals surface area (Å²) >= 11 is 0. The van der Waals surface area contributed by atoms with Gasteiger partial charge in [0.05, 0.1) is 25.7 Å². The van der Waals surface area contributed by atoms with Crippen LogP contribution in [-0.4, -0.2) is 18.6 Å². The summed E-state index contributed by atoms with van der Waals surface area (Å²) in [5.74, 6) is 0. The number of nitriles is 1. The third kappa shape index (κ3) is 4.58. The topological polar surface area (TPSA) is 23.8 Å². The van der Waals surface area contributed by atoms with Gasteiger partial charge in [0.25, 0.3) is 0 Å². The smallest absolute Gasteiger partial charge is 0.104 e. The standard InChI is InChI=1S/C35H29N2/c1-37(2,23-26-16-14-25(22-36)15-17-26)24-27-8-7-12-31(18-27)35-33-13-6-5-11-30(33)20-32-19-28-9-3-4-10-29(28)21-34(32)35/h3-21H,23-24H2,1-2H3/q+1. The zero-order chi connectivity index (χ0) is 25.4. The lowest BCUT2D eigenvalue weighted by molar-refractivity contribution is -0.916. The maximum absolute atomic E-state index is 9.11. The van der Waals surface area contributed by atoms with E-state index in [2.05, 4.69) is 123 Å². The van der Waals surface area contributed by atoms with Gasteiger partial charge < -0.3 is 4.48 Å². The molecule has 0 bridgehead atoms. The summed E-state index contributed by atoms with van der Waals surface area (Å²) < 4.78 is 0.830. The van der Waals surface area contributed by atoms with Crippen LogP contribution in [0.2, 0.25) is 0 Å². The van der Waals surface area contributed by atoms with Crippen LogP contribution in [0, 0.1) is 11.3 Å². The van der Waals surface area contributed by atoms with Crippen LogP contribution in [0.15, 0.2) is 115 Å². The molecular formula is C35H29N2+. The fraction of sp³-hybridized carbons (Fsp3) is 0.114. The monoisotopic (exact) mass is 477 g/mol. The molecule has 6 aromatic carbocycles. The van der Waals surface area contributed by atoms with Crippen molar-refractivity contribution >= 4 is 32.3 Å². The van der Waals surface area contributed by atoms with E-state index in [1.165, 1.54) is 54.6 Å². The third-order valence-corrected chi connectivity index (χ3v) is 7.25. The van der Waals surface area contributed by atoms with Gasteiger partial charge >= 0.3 is 0 Å². The second-order valence-corrected chi connectivity index (χ2v) is 10.7. The van der Waals surface area contributed by atoms with Crippen molar-refractivity contribution in [3.05, 3.63) is 132 Å². The highest BCUT2D eigenvalue weighted by atomic mass is 15.3. The molecule has 0 saturated heterocycles. The van der Waals surface area contributed by atoms with Gasteiger partial charge in [-0.15, -0.1) is 0 Å². The summed E-state index contributed by atoms with van der Waals surface area (Å²) in [4.78, 5) is 0. The van der Waals surface area contributed by atoms with Gasteiger partial charge in [0.2, 0.25) is 0 Å². The molecule has 6 rings (SSSR count). The predicted octanol–water partition coefficient (Wildman–Crippen LogP) is 8.46. The van der Waals surface area contributed by atoms with Crippen molar-refractivity contribution < 1.29 is 4.48 Å². The van der Waals surface area contributed by atoms with Crippen molar-refractivity contribution in [3.63, 3.8) is 0 Å². The van der Waals surface area contributed by atoms with E-state index in [1.54, 1.807) is 0 Å². The molecule has 0 radical (unpaired) electrons. The summed E-state index contributed by atoms with van der Waals surface area (Å²) in [5, 5.41) is 16.8. The number of fused-ring (bicyclic) bond motifs is 3. The first-order valence-electron chi connectivity index (χ1n) is 12.7. The second-order valence-electron chi connectivity index (χ2n) is 10.7. The number of quaternary nitrogens is 1. The van der Waals surface area contributed by atoms with Gasteiger partial charge in [-0.1, -0.05) is 78.9 Å². The molecule has 0 aliphatic carbocycles. The first-order valence-corrected chi connectivity index (χ1v) is 12.7. The normalized spacial score (nSPS) is 11.7. The largest absolute Gasteiger partial charge is 0.321 e. The Kier molecular flexibility index (Phi) is 5.72. The number of hydrogen-bond donors (Lipinski definition) is 0. The Balaban J connectivity index is 1.43. The fourth-order valence-corrected chi connectivity index (χ4v) is 5.62. The molecule has 0 aliphatic rings. The molecule has 0 spiro atoms.